The fourth-order valence-corrected chi connectivity index (χ4v) is 10.4. The van der Waals surface area contributed by atoms with Gasteiger partial charge in [0.2, 0.25) is 0 Å². The topological polar surface area (TPSA) is 3.24 Å². The molecule has 1 aliphatic rings. The van der Waals surface area contributed by atoms with E-state index in [2.05, 4.69) is 217 Å². The zero-order valence-corrected chi connectivity index (χ0v) is 30.9. The van der Waals surface area contributed by atoms with Gasteiger partial charge in [0.15, 0.2) is 0 Å². The lowest BCUT2D eigenvalue weighted by Crippen LogP contribution is -2.28. The maximum absolute atomic E-state index is 2.54. The average Bonchev–Trinajstić information content (AvgIpc) is 3.79. The number of nitrogens with zero attached hydrogens (tertiary/aromatic N) is 1. The second kappa shape index (κ2) is 12.7. The molecule has 11 rings (SSSR count). The smallest absolute Gasteiger partial charge is 0.0714 e. The summed E-state index contributed by atoms with van der Waals surface area (Å²) in [5, 5.41) is 5.06. The first kappa shape index (κ1) is 31.8. The summed E-state index contributed by atoms with van der Waals surface area (Å²) in [6, 6.07) is 78.3. The van der Waals surface area contributed by atoms with Crippen molar-refractivity contribution in [1.82, 2.24) is 0 Å². The van der Waals surface area contributed by atoms with Gasteiger partial charge >= 0.3 is 0 Å². The molecule has 258 valence electrons. The summed E-state index contributed by atoms with van der Waals surface area (Å²) in [6.07, 6.45) is 0. The summed E-state index contributed by atoms with van der Waals surface area (Å²) >= 11 is 1.87. The van der Waals surface area contributed by atoms with Crippen LogP contribution in [0.3, 0.4) is 0 Å². The third-order valence-electron chi connectivity index (χ3n) is 11.5. The SMILES string of the molecule is c1ccc(C2(c3ccccc3)c3ccccc3-c3c(N(c4cccc(-c5cccc6ccccc56)c4)c4cccc5sc6ccccc6c45)cccc32)cc1. The molecular formula is C53H35NS. The molecule has 0 atom stereocenters. The molecule has 0 radical (unpaired) electrons. The van der Waals surface area contributed by atoms with Gasteiger partial charge < -0.3 is 4.90 Å². The van der Waals surface area contributed by atoms with Gasteiger partial charge in [-0.15, -0.1) is 11.3 Å². The highest BCUT2D eigenvalue weighted by atomic mass is 32.1. The Hall–Kier alpha value is -6.74. The van der Waals surface area contributed by atoms with E-state index in [1.54, 1.807) is 0 Å². The average molecular weight is 718 g/mol. The van der Waals surface area contributed by atoms with Gasteiger partial charge in [0.1, 0.15) is 0 Å². The molecule has 0 unspecified atom stereocenters. The summed E-state index contributed by atoms with van der Waals surface area (Å²) in [4.78, 5) is 2.54. The van der Waals surface area contributed by atoms with Crippen molar-refractivity contribution in [3.05, 3.63) is 235 Å². The van der Waals surface area contributed by atoms with Crippen LogP contribution in [0.1, 0.15) is 22.3 Å². The van der Waals surface area contributed by atoms with Crippen LogP contribution < -0.4 is 4.90 Å². The van der Waals surface area contributed by atoms with Crippen molar-refractivity contribution >= 4 is 59.3 Å². The van der Waals surface area contributed by atoms with Crippen molar-refractivity contribution in [2.75, 3.05) is 4.90 Å². The molecule has 0 amide bonds. The van der Waals surface area contributed by atoms with Crippen molar-refractivity contribution in [2.45, 2.75) is 5.41 Å². The molecule has 2 heteroatoms. The van der Waals surface area contributed by atoms with Crippen molar-refractivity contribution in [3.8, 4) is 22.3 Å². The lowest BCUT2D eigenvalue weighted by atomic mass is 9.68. The van der Waals surface area contributed by atoms with E-state index < -0.39 is 5.41 Å². The predicted molar refractivity (Wildman–Crippen MR) is 234 cm³/mol. The van der Waals surface area contributed by atoms with E-state index in [4.69, 9.17) is 0 Å². The van der Waals surface area contributed by atoms with E-state index in [1.165, 1.54) is 81.1 Å². The second-order valence-electron chi connectivity index (χ2n) is 14.4. The highest BCUT2D eigenvalue weighted by molar-refractivity contribution is 7.26. The van der Waals surface area contributed by atoms with Crippen LogP contribution >= 0.6 is 11.3 Å². The summed E-state index contributed by atoms with van der Waals surface area (Å²) in [5.74, 6) is 0. The van der Waals surface area contributed by atoms with Crippen LogP contribution in [0, 0.1) is 0 Å². The fourth-order valence-electron chi connectivity index (χ4n) is 9.30. The van der Waals surface area contributed by atoms with Gasteiger partial charge in [-0.2, -0.15) is 0 Å². The van der Waals surface area contributed by atoms with Crippen molar-refractivity contribution in [1.29, 1.82) is 0 Å². The molecule has 0 spiro atoms. The molecule has 0 fully saturated rings. The number of fused-ring (bicyclic) bond motifs is 7. The van der Waals surface area contributed by atoms with Gasteiger partial charge in [-0.1, -0.05) is 176 Å². The Kier molecular flexibility index (Phi) is 7.33. The van der Waals surface area contributed by atoms with Crippen LogP contribution in [0.5, 0.6) is 0 Å². The Labute approximate surface area is 325 Å². The first-order chi connectivity index (χ1) is 27.3. The largest absolute Gasteiger partial charge is 0.309 e. The molecule has 0 aliphatic heterocycles. The highest BCUT2D eigenvalue weighted by Gasteiger charge is 2.47. The number of anilines is 3. The Bertz CT molecular complexity index is 3000. The monoisotopic (exact) mass is 717 g/mol. The standard InChI is InChI=1S/C53H35NS/c1-3-20-38(21-4-1)53(39-22-5-2-6-23-39)45-29-11-9-26-43(45)51-46(53)30-15-31-47(51)54(48-32-16-34-50-52(48)44-27-10-12-33-49(44)55-50)40-24-13-19-37(35-40)42-28-14-18-36-17-7-8-25-41(36)42/h1-35H. The Balaban J connectivity index is 1.25. The summed E-state index contributed by atoms with van der Waals surface area (Å²) in [5.41, 5.74) is 13.0. The molecule has 0 saturated heterocycles. The van der Waals surface area contributed by atoms with Gasteiger partial charge in [-0.3, -0.25) is 0 Å². The maximum Gasteiger partial charge on any atom is 0.0714 e. The van der Waals surface area contributed by atoms with Crippen LogP contribution in [-0.4, -0.2) is 0 Å². The quantitative estimate of drug-likeness (QED) is 0.166. The molecule has 55 heavy (non-hydrogen) atoms. The normalized spacial score (nSPS) is 12.9. The minimum absolute atomic E-state index is 0.498. The zero-order valence-electron chi connectivity index (χ0n) is 30.1. The Morgan fingerprint density at radius 1 is 0.400 bits per heavy atom. The van der Waals surface area contributed by atoms with E-state index in [0.29, 0.717) is 0 Å². The van der Waals surface area contributed by atoms with E-state index in [9.17, 15) is 0 Å². The molecule has 1 aliphatic carbocycles. The van der Waals surface area contributed by atoms with Crippen molar-refractivity contribution in [3.63, 3.8) is 0 Å². The molecular weight excluding hydrogens is 683 g/mol. The van der Waals surface area contributed by atoms with Crippen LogP contribution in [0.2, 0.25) is 0 Å². The van der Waals surface area contributed by atoms with Gasteiger partial charge in [0.05, 0.1) is 16.8 Å². The van der Waals surface area contributed by atoms with Crippen molar-refractivity contribution in [2.24, 2.45) is 0 Å². The fraction of sp³-hybridized carbons (Fsp3) is 0.0189. The Morgan fingerprint density at radius 2 is 0.982 bits per heavy atom. The number of hydrogen-bond acceptors (Lipinski definition) is 2. The van der Waals surface area contributed by atoms with Crippen LogP contribution in [-0.2, 0) is 5.41 Å². The lowest BCUT2D eigenvalue weighted by molar-refractivity contribution is 0.768. The number of rotatable bonds is 6. The number of hydrogen-bond donors (Lipinski definition) is 0. The van der Waals surface area contributed by atoms with Crippen LogP contribution in [0.15, 0.2) is 212 Å². The van der Waals surface area contributed by atoms with Gasteiger partial charge in [0.25, 0.3) is 0 Å². The molecule has 0 bridgehead atoms. The minimum atomic E-state index is -0.498. The lowest BCUT2D eigenvalue weighted by Gasteiger charge is -2.34. The molecule has 0 saturated carbocycles. The molecule has 1 nitrogen and oxygen atoms in total. The van der Waals surface area contributed by atoms with Gasteiger partial charge in [-0.05, 0) is 86.1 Å². The van der Waals surface area contributed by atoms with E-state index in [1.807, 2.05) is 11.3 Å². The molecule has 0 N–H and O–H groups in total. The highest BCUT2D eigenvalue weighted by Crippen LogP contribution is 2.60. The molecule has 9 aromatic carbocycles. The first-order valence-electron chi connectivity index (χ1n) is 18.9. The van der Waals surface area contributed by atoms with Crippen LogP contribution in [0.4, 0.5) is 17.1 Å². The summed E-state index contributed by atoms with van der Waals surface area (Å²) < 4.78 is 2.58. The van der Waals surface area contributed by atoms with E-state index in [0.717, 1.165) is 11.4 Å². The van der Waals surface area contributed by atoms with Gasteiger partial charge in [0, 0.05) is 31.4 Å². The third-order valence-corrected chi connectivity index (χ3v) is 12.7. The van der Waals surface area contributed by atoms with E-state index >= 15 is 0 Å². The maximum atomic E-state index is 2.54. The number of thiophene rings is 1. The van der Waals surface area contributed by atoms with Crippen molar-refractivity contribution < 1.29 is 0 Å². The van der Waals surface area contributed by atoms with Crippen LogP contribution in [0.25, 0.3) is 53.2 Å². The third kappa shape index (κ3) is 4.78. The second-order valence-corrected chi connectivity index (χ2v) is 15.5. The zero-order chi connectivity index (χ0) is 36.3. The molecule has 10 aromatic rings. The number of benzene rings is 9. The van der Waals surface area contributed by atoms with E-state index in [-0.39, 0.29) is 0 Å². The Morgan fingerprint density at radius 3 is 1.82 bits per heavy atom. The first-order valence-corrected chi connectivity index (χ1v) is 19.8. The van der Waals surface area contributed by atoms with Gasteiger partial charge in [-0.25, -0.2) is 0 Å². The molecule has 1 aromatic heterocycles. The summed E-state index contributed by atoms with van der Waals surface area (Å²) in [7, 11) is 0. The summed E-state index contributed by atoms with van der Waals surface area (Å²) in [6.45, 7) is 0. The molecule has 1 heterocycles. The predicted octanol–water partition coefficient (Wildman–Crippen LogP) is 14.7. The minimum Gasteiger partial charge on any atom is -0.309 e.